The van der Waals surface area contributed by atoms with Crippen LogP contribution in [0.2, 0.25) is 0 Å². The highest BCUT2D eigenvalue weighted by Gasteiger charge is 2.28. The molecule has 0 bridgehead atoms. The minimum absolute atomic E-state index is 0.00846. The maximum absolute atomic E-state index is 12.8. The molecule has 8 nitrogen and oxygen atoms in total. The van der Waals surface area contributed by atoms with E-state index in [1.54, 1.807) is 0 Å². The number of β-amino-alcohol motifs (C(OH)–C–C–N with tert-alkyl or cyclic N) is 1. The average molecular weight is 408 g/mol. The number of nitrogens with zero attached hydrogens (tertiary/aromatic N) is 1. The third kappa shape index (κ3) is 6.05. The Morgan fingerprint density at radius 1 is 1.31 bits per heavy atom. The number of fused-ring (bicyclic) bond motifs is 1. The van der Waals surface area contributed by atoms with E-state index in [9.17, 15) is 9.90 Å². The van der Waals surface area contributed by atoms with Crippen LogP contribution in [0.15, 0.2) is 12.1 Å². The third-order valence-corrected chi connectivity index (χ3v) is 5.35. The molecular weight excluding hydrogens is 376 g/mol. The highest BCUT2D eigenvalue weighted by molar-refractivity contribution is 5.98. The van der Waals surface area contributed by atoms with E-state index >= 15 is 0 Å². The fourth-order valence-corrected chi connectivity index (χ4v) is 3.75. The monoisotopic (exact) mass is 408 g/mol. The van der Waals surface area contributed by atoms with Crippen molar-refractivity contribution in [2.75, 3.05) is 59.2 Å². The number of hydrogen-bond donors (Lipinski definition) is 3. The lowest BCUT2D eigenvalue weighted by Gasteiger charge is -2.35. The number of benzene rings is 1. The number of aliphatic hydroxyl groups excluding tert-OH is 2. The molecule has 0 radical (unpaired) electrons. The highest BCUT2D eigenvalue weighted by Crippen LogP contribution is 2.34. The number of ether oxygens (including phenoxy) is 3. The zero-order valence-electron chi connectivity index (χ0n) is 17.1. The second-order valence-corrected chi connectivity index (χ2v) is 7.65. The van der Waals surface area contributed by atoms with Crippen LogP contribution < -0.4 is 14.8 Å². The number of aliphatic hydroxyl groups is 2. The zero-order chi connectivity index (χ0) is 20.6. The Kier molecular flexibility index (Phi) is 8.11. The number of carbonyl (C=O) groups excluding carboxylic acids is 1. The van der Waals surface area contributed by atoms with Gasteiger partial charge in [-0.25, -0.2) is 0 Å². The number of nitrogens with one attached hydrogen (secondary N) is 1. The van der Waals surface area contributed by atoms with Crippen molar-refractivity contribution in [2.45, 2.75) is 25.9 Å². The van der Waals surface area contributed by atoms with Gasteiger partial charge >= 0.3 is 0 Å². The molecule has 2 aliphatic rings. The van der Waals surface area contributed by atoms with E-state index in [-0.39, 0.29) is 18.4 Å². The zero-order valence-corrected chi connectivity index (χ0v) is 17.1. The summed E-state index contributed by atoms with van der Waals surface area (Å²) in [5.74, 6) is 0.921. The van der Waals surface area contributed by atoms with Crippen LogP contribution >= 0.6 is 0 Å². The number of carbonyl (C=O) groups is 1. The van der Waals surface area contributed by atoms with Gasteiger partial charge < -0.3 is 29.7 Å². The highest BCUT2D eigenvalue weighted by atomic mass is 16.5. The topological polar surface area (TPSA) is 100 Å². The van der Waals surface area contributed by atoms with Gasteiger partial charge in [-0.3, -0.25) is 9.69 Å². The number of hydrogen-bond acceptors (Lipinski definition) is 7. The largest absolute Gasteiger partial charge is 0.490 e. The lowest BCUT2D eigenvalue weighted by molar-refractivity contribution is 0.00568. The first-order valence-electron chi connectivity index (χ1n) is 10.4. The molecule has 162 valence electrons. The van der Waals surface area contributed by atoms with Crippen LogP contribution in [0.4, 0.5) is 0 Å². The quantitative estimate of drug-likeness (QED) is 0.541. The molecule has 0 spiro atoms. The Labute approximate surface area is 171 Å². The molecule has 1 aromatic rings. The first kappa shape index (κ1) is 21.8. The predicted octanol–water partition coefficient (Wildman–Crippen LogP) is 0.578. The standard InChI is InChI=1S/C21H32N2O6/c1-15-11-17(20-19(12-15)28-7-2-8-29-20)21(26)22-13-16-3-4-23(14-18(16)25)5-9-27-10-6-24/h11-12,16,18,24-25H,2-10,13-14H2,1H3,(H,22,26)/t16-,18+/m0/s1. The van der Waals surface area contributed by atoms with Crippen molar-refractivity contribution in [3.05, 3.63) is 23.3 Å². The predicted molar refractivity (Wildman–Crippen MR) is 108 cm³/mol. The van der Waals surface area contributed by atoms with Gasteiger partial charge in [-0.15, -0.1) is 0 Å². The van der Waals surface area contributed by atoms with Crippen LogP contribution in [-0.2, 0) is 4.74 Å². The molecule has 29 heavy (non-hydrogen) atoms. The first-order chi connectivity index (χ1) is 14.1. The molecule has 3 rings (SSSR count). The Morgan fingerprint density at radius 2 is 2.14 bits per heavy atom. The van der Waals surface area contributed by atoms with Crippen molar-refractivity contribution in [3.8, 4) is 11.5 Å². The Morgan fingerprint density at radius 3 is 2.93 bits per heavy atom. The normalized spacial score (nSPS) is 22.2. The summed E-state index contributed by atoms with van der Waals surface area (Å²) < 4.78 is 16.8. The Hall–Kier alpha value is -1.87. The van der Waals surface area contributed by atoms with E-state index in [1.807, 2.05) is 19.1 Å². The average Bonchev–Trinajstić information content (AvgIpc) is 2.95. The fourth-order valence-electron chi connectivity index (χ4n) is 3.75. The molecule has 1 amide bonds. The van der Waals surface area contributed by atoms with Crippen LogP contribution in [0, 0.1) is 12.8 Å². The Balaban J connectivity index is 1.52. The van der Waals surface area contributed by atoms with Gasteiger partial charge in [0.1, 0.15) is 0 Å². The van der Waals surface area contributed by atoms with Gasteiger partial charge in [-0.1, -0.05) is 0 Å². The van der Waals surface area contributed by atoms with Crippen molar-refractivity contribution in [2.24, 2.45) is 5.92 Å². The van der Waals surface area contributed by atoms with E-state index in [4.69, 9.17) is 19.3 Å². The smallest absolute Gasteiger partial charge is 0.255 e. The second-order valence-electron chi connectivity index (χ2n) is 7.65. The summed E-state index contributed by atoms with van der Waals surface area (Å²) in [7, 11) is 0. The van der Waals surface area contributed by atoms with Crippen LogP contribution in [-0.4, -0.2) is 86.3 Å². The van der Waals surface area contributed by atoms with E-state index in [0.717, 1.165) is 31.5 Å². The Bertz CT molecular complexity index is 683. The summed E-state index contributed by atoms with van der Waals surface area (Å²) in [5, 5.41) is 22.2. The molecule has 2 heterocycles. The minimum Gasteiger partial charge on any atom is -0.490 e. The van der Waals surface area contributed by atoms with Crippen molar-refractivity contribution in [1.29, 1.82) is 0 Å². The van der Waals surface area contributed by atoms with Crippen LogP contribution in [0.3, 0.4) is 0 Å². The molecule has 0 aromatic heterocycles. The van der Waals surface area contributed by atoms with Gasteiger partial charge in [0, 0.05) is 32.0 Å². The van der Waals surface area contributed by atoms with Gasteiger partial charge in [-0.05, 0) is 37.6 Å². The van der Waals surface area contributed by atoms with Gasteiger partial charge in [0.15, 0.2) is 11.5 Å². The summed E-state index contributed by atoms with van der Waals surface area (Å²) in [4.78, 5) is 15.0. The summed E-state index contributed by atoms with van der Waals surface area (Å²) >= 11 is 0. The molecule has 0 aliphatic carbocycles. The molecule has 3 N–H and O–H groups in total. The number of likely N-dealkylation sites (tertiary alicyclic amines) is 1. The van der Waals surface area contributed by atoms with E-state index in [2.05, 4.69) is 10.2 Å². The van der Waals surface area contributed by atoms with Gasteiger partial charge in [0.05, 0.1) is 44.7 Å². The lowest BCUT2D eigenvalue weighted by Crippen LogP contribution is -2.48. The van der Waals surface area contributed by atoms with Crippen LogP contribution in [0.25, 0.3) is 0 Å². The van der Waals surface area contributed by atoms with Gasteiger partial charge in [-0.2, -0.15) is 0 Å². The molecule has 0 saturated carbocycles. The molecule has 0 unspecified atom stereocenters. The van der Waals surface area contributed by atoms with Crippen molar-refractivity contribution in [1.82, 2.24) is 10.2 Å². The summed E-state index contributed by atoms with van der Waals surface area (Å²) in [6.45, 7) is 6.46. The lowest BCUT2D eigenvalue weighted by atomic mass is 9.93. The maximum Gasteiger partial charge on any atom is 0.255 e. The molecule has 2 aliphatic heterocycles. The second kappa shape index (κ2) is 10.8. The minimum atomic E-state index is -0.504. The van der Waals surface area contributed by atoms with E-state index in [1.165, 1.54) is 0 Å². The number of aryl methyl sites for hydroxylation is 1. The molecule has 1 saturated heterocycles. The molecule has 2 atom stereocenters. The van der Waals surface area contributed by atoms with Gasteiger partial charge in [0.2, 0.25) is 0 Å². The number of rotatable bonds is 8. The summed E-state index contributed by atoms with van der Waals surface area (Å²) in [6.07, 6.45) is 1.08. The maximum atomic E-state index is 12.8. The molecule has 1 fully saturated rings. The fraction of sp³-hybridized carbons (Fsp3) is 0.667. The number of amides is 1. The molecule has 1 aromatic carbocycles. The summed E-state index contributed by atoms with van der Waals surface area (Å²) in [5.41, 5.74) is 1.42. The van der Waals surface area contributed by atoms with Crippen LogP contribution in [0.5, 0.6) is 11.5 Å². The summed E-state index contributed by atoms with van der Waals surface area (Å²) in [6, 6.07) is 3.70. The van der Waals surface area contributed by atoms with E-state index < -0.39 is 6.10 Å². The van der Waals surface area contributed by atoms with Gasteiger partial charge in [0.25, 0.3) is 5.91 Å². The molecule has 8 heteroatoms. The van der Waals surface area contributed by atoms with Crippen molar-refractivity contribution >= 4 is 5.91 Å². The van der Waals surface area contributed by atoms with Crippen molar-refractivity contribution < 1.29 is 29.2 Å². The third-order valence-electron chi connectivity index (χ3n) is 5.35. The first-order valence-corrected chi connectivity index (χ1v) is 10.4. The van der Waals surface area contributed by atoms with Crippen molar-refractivity contribution in [3.63, 3.8) is 0 Å². The van der Waals surface area contributed by atoms with Crippen LogP contribution in [0.1, 0.15) is 28.8 Å². The SMILES string of the molecule is Cc1cc2c(c(C(=O)NC[C@@H]3CCN(CCOCCO)C[C@H]3O)c1)OCCCO2. The number of piperidine rings is 1. The van der Waals surface area contributed by atoms with E-state index in [0.29, 0.717) is 56.6 Å². The molecular formula is C21H32N2O6.